The summed E-state index contributed by atoms with van der Waals surface area (Å²) in [6.45, 7) is 10.7. The van der Waals surface area contributed by atoms with E-state index in [2.05, 4.69) is 18.7 Å². The first-order chi connectivity index (χ1) is 9.62. The Morgan fingerprint density at radius 2 is 1.60 bits per heavy atom. The van der Waals surface area contributed by atoms with Gasteiger partial charge < -0.3 is 9.80 Å². The van der Waals surface area contributed by atoms with Gasteiger partial charge in [0.25, 0.3) is 5.91 Å². The predicted molar refractivity (Wildman–Crippen MR) is 80.4 cm³/mol. The van der Waals surface area contributed by atoms with E-state index in [0.29, 0.717) is 12.1 Å². The van der Waals surface area contributed by atoms with E-state index < -0.39 is 0 Å². The van der Waals surface area contributed by atoms with Gasteiger partial charge in [-0.1, -0.05) is 13.8 Å². The van der Waals surface area contributed by atoms with Gasteiger partial charge in [-0.15, -0.1) is 0 Å². The third-order valence-corrected chi connectivity index (χ3v) is 3.56. The summed E-state index contributed by atoms with van der Waals surface area (Å²) in [5, 5.41) is 0. The lowest BCUT2D eigenvalue weighted by Gasteiger charge is -2.23. The number of rotatable bonds is 8. The summed E-state index contributed by atoms with van der Waals surface area (Å²) in [5.74, 6) is -0.335. The molecule has 1 amide bonds. The summed E-state index contributed by atoms with van der Waals surface area (Å²) < 4.78 is 12.9. The van der Waals surface area contributed by atoms with Gasteiger partial charge in [0, 0.05) is 18.7 Å². The van der Waals surface area contributed by atoms with Crippen molar-refractivity contribution in [1.29, 1.82) is 0 Å². The van der Waals surface area contributed by atoms with Crippen LogP contribution >= 0.6 is 0 Å². The highest BCUT2D eigenvalue weighted by molar-refractivity contribution is 5.94. The maximum atomic E-state index is 12.9. The maximum Gasteiger partial charge on any atom is 0.253 e. The van der Waals surface area contributed by atoms with E-state index in [4.69, 9.17) is 0 Å². The van der Waals surface area contributed by atoms with Gasteiger partial charge in [0.15, 0.2) is 0 Å². The molecule has 0 N–H and O–H groups in total. The average Bonchev–Trinajstić information content (AvgIpc) is 2.48. The van der Waals surface area contributed by atoms with Crippen LogP contribution in [0.1, 0.15) is 37.6 Å². The number of amides is 1. The molecule has 112 valence electrons. The SMILES string of the molecule is CCN(CC)CCCN(CC)C(=O)c1ccc(F)cc1. The molecule has 0 fully saturated rings. The molecule has 0 aromatic heterocycles. The van der Waals surface area contributed by atoms with Gasteiger partial charge in [0.1, 0.15) is 5.82 Å². The van der Waals surface area contributed by atoms with E-state index in [0.717, 1.165) is 32.6 Å². The minimum absolute atomic E-state index is 0.0213. The van der Waals surface area contributed by atoms with Crippen molar-refractivity contribution in [3.63, 3.8) is 0 Å². The van der Waals surface area contributed by atoms with Gasteiger partial charge in [-0.3, -0.25) is 4.79 Å². The predicted octanol–water partition coefficient (Wildman–Crippen LogP) is 3.02. The Bertz CT molecular complexity index is 401. The Labute approximate surface area is 121 Å². The molecular weight excluding hydrogens is 255 g/mol. The van der Waals surface area contributed by atoms with Crippen molar-refractivity contribution in [1.82, 2.24) is 9.80 Å². The number of hydrogen-bond donors (Lipinski definition) is 0. The molecule has 1 aromatic rings. The lowest BCUT2D eigenvalue weighted by atomic mass is 10.2. The van der Waals surface area contributed by atoms with Crippen molar-refractivity contribution >= 4 is 5.91 Å². The van der Waals surface area contributed by atoms with Gasteiger partial charge in [0.05, 0.1) is 0 Å². The Morgan fingerprint density at radius 1 is 1.00 bits per heavy atom. The van der Waals surface area contributed by atoms with Crippen molar-refractivity contribution in [2.24, 2.45) is 0 Å². The van der Waals surface area contributed by atoms with Crippen LogP contribution in [0.15, 0.2) is 24.3 Å². The number of hydrogen-bond acceptors (Lipinski definition) is 2. The fraction of sp³-hybridized carbons (Fsp3) is 0.562. The highest BCUT2D eigenvalue weighted by Crippen LogP contribution is 2.07. The smallest absolute Gasteiger partial charge is 0.253 e. The molecule has 0 atom stereocenters. The lowest BCUT2D eigenvalue weighted by Crippen LogP contribution is -2.34. The Morgan fingerprint density at radius 3 is 2.10 bits per heavy atom. The van der Waals surface area contributed by atoms with Gasteiger partial charge in [-0.25, -0.2) is 4.39 Å². The quantitative estimate of drug-likeness (QED) is 0.731. The van der Waals surface area contributed by atoms with E-state index in [1.165, 1.54) is 12.1 Å². The van der Waals surface area contributed by atoms with Crippen LogP contribution in [-0.2, 0) is 0 Å². The van der Waals surface area contributed by atoms with Gasteiger partial charge >= 0.3 is 0 Å². The van der Waals surface area contributed by atoms with Crippen LogP contribution in [0.25, 0.3) is 0 Å². The number of carbonyl (C=O) groups is 1. The zero-order valence-corrected chi connectivity index (χ0v) is 12.7. The molecule has 0 aliphatic rings. The van der Waals surface area contributed by atoms with Crippen molar-refractivity contribution in [3.05, 3.63) is 35.6 Å². The minimum atomic E-state index is -0.314. The molecule has 0 aliphatic carbocycles. The molecule has 20 heavy (non-hydrogen) atoms. The van der Waals surface area contributed by atoms with Gasteiger partial charge in [-0.05, 0) is 57.2 Å². The molecule has 1 rings (SSSR count). The van der Waals surface area contributed by atoms with Crippen LogP contribution in [0.3, 0.4) is 0 Å². The van der Waals surface area contributed by atoms with Crippen molar-refractivity contribution in [3.8, 4) is 0 Å². The van der Waals surface area contributed by atoms with Crippen LogP contribution in [0, 0.1) is 5.82 Å². The minimum Gasteiger partial charge on any atom is -0.339 e. The van der Waals surface area contributed by atoms with Gasteiger partial charge in [0.2, 0.25) is 0 Å². The zero-order chi connectivity index (χ0) is 15.0. The van der Waals surface area contributed by atoms with Crippen molar-refractivity contribution in [2.75, 3.05) is 32.7 Å². The summed E-state index contributed by atoms with van der Waals surface area (Å²) in [6, 6.07) is 5.75. The molecule has 3 nitrogen and oxygen atoms in total. The molecule has 0 heterocycles. The van der Waals surface area contributed by atoms with E-state index in [1.54, 1.807) is 12.1 Å². The third-order valence-electron chi connectivity index (χ3n) is 3.56. The molecular formula is C16H25FN2O. The second-order valence-corrected chi connectivity index (χ2v) is 4.77. The first kappa shape index (κ1) is 16.6. The second-order valence-electron chi connectivity index (χ2n) is 4.77. The molecule has 0 unspecified atom stereocenters. The summed E-state index contributed by atoms with van der Waals surface area (Å²) in [6.07, 6.45) is 0.961. The monoisotopic (exact) mass is 280 g/mol. The fourth-order valence-electron chi connectivity index (χ4n) is 2.20. The molecule has 1 aromatic carbocycles. The van der Waals surface area contributed by atoms with Crippen LogP contribution in [-0.4, -0.2) is 48.4 Å². The second kappa shape index (κ2) is 8.69. The lowest BCUT2D eigenvalue weighted by molar-refractivity contribution is 0.0757. The number of carbonyl (C=O) groups excluding carboxylic acids is 1. The molecule has 0 saturated heterocycles. The number of benzene rings is 1. The molecule has 0 bridgehead atoms. The highest BCUT2D eigenvalue weighted by atomic mass is 19.1. The van der Waals surface area contributed by atoms with Crippen LogP contribution in [0.5, 0.6) is 0 Å². The third kappa shape index (κ3) is 4.93. The Hall–Kier alpha value is -1.42. The van der Waals surface area contributed by atoms with E-state index in [-0.39, 0.29) is 11.7 Å². The summed E-state index contributed by atoms with van der Waals surface area (Å²) >= 11 is 0. The van der Waals surface area contributed by atoms with E-state index in [9.17, 15) is 9.18 Å². The topological polar surface area (TPSA) is 23.6 Å². The van der Waals surface area contributed by atoms with Crippen molar-refractivity contribution in [2.45, 2.75) is 27.2 Å². The largest absolute Gasteiger partial charge is 0.339 e. The van der Waals surface area contributed by atoms with Crippen LogP contribution in [0.4, 0.5) is 4.39 Å². The van der Waals surface area contributed by atoms with Crippen LogP contribution < -0.4 is 0 Å². The average molecular weight is 280 g/mol. The van der Waals surface area contributed by atoms with E-state index in [1.807, 2.05) is 11.8 Å². The van der Waals surface area contributed by atoms with Crippen LogP contribution in [0.2, 0.25) is 0 Å². The normalized spacial score (nSPS) is 10.8. The highest BCUT2D eigenvalue weighted by Gasteiger charge is 2.14. The molecule has 0 saturated carbocycles. The maximum absolute atomic E-state index is 12.9. The molecule has 0 aliphatic heterocycles. The summed E-state index contributed by atoms with van der Waals surface area (Å²) in [5.41, 5.74) is 0.552. The first-order valence-electron chi connectivity index (χ1n) is 7.39. The molecule has 0 radical (unpaired) electrons. The standard InChI is InChI=1S/C16H25FN2O/c1-4-18(5-2)12-7-13-19(6-3)16(20)14-8-10-15(17)11-9-14/h8-11H,4-7,12-13H2,1-3H3. The van der Waals surface area contributed by atoms with E-state index >= 15 is 0 Å². The van der Waals surface area contributed by atoms with Gasteiger partial charge in [-0.2, -0.15) is 0 Å². The summed E-state index contributed by atoms with van der Waals surface area (Å²) in [4.78, 5) is 16.5. The zero-order valence-electron chi connectivity index (χ0n) is 12.7. The first-order valence-corrected chi connectivity index (χ1v) is 7.39. The Balaban J connectivity index is 2.53. The Kier molecular flexibility index (Phi) is 7.23. The summed E-state index contributed by atoms with van der Waals surface area (Å²) in [7, 11) is 0. The molecule has 0 spiro atoms. The molecule has 4 heteroatoms. The number of nitrogens with zero attached hydrogens (tertiary/aromatic N) is 2. The van der Waals surface area contributed by atoms with Crippen molar-refractivity contribution < 1.29 is 9.18 Å². The fourth-order valence-corrected chi connectivity index (χ4v) is 2.20. The number of halogens is 1.